The van der Waals surface area contributed by atoms with Gasteiger partial charge >= 0.3 is 6.09 Å². The number of hydrogen-bond acceptors (Lipinski definition) is 11. The molecule has 15 nitrogen and oxygen atoms in total. The van der Waals surface area contributed by atoms with E-state index in [1.807, 2.05) is 13.0 Å². The predicted octanol–water partition coefficient (Wildman–Crippen LogP) is 3.47. The van der Waals surface area contributed by atoms with Crippen LogP contribution in [0.2, 0.25) is 0 Å². The standard InChI is InChI=1S/C38H49N5O10S/c1-7-9-10-25(44)11-16-30(40-36(48)53-37(3,4)5)34(46)43-22-27(52-33-29-15-12-26(51-6)19-23(29)17-18-39-33)20-31(43)32(45)41-38(21-24(38)8-2)35(47)42-54(49,50)28-13-14-28/h8-10,12,15,17-19,24,27-28,30-31H,2,7,11,13-14,16,20-22H2,1,3-6H3,(H,40,48)(H,41,45)(H,42,47)/b10-9+/t24-,27-,30+,31+,38-/m1/s1. The molecular formula is C38H49N5O10S. The van der Waals surface area contributed by atoms with Crippen molar-refractivity contribution >= 4 is 50.4 Å². The van der Waals surface area contributed by atoms with Gasteiger partial charge in [0.25, 0.3) is 5.91 Å². The van der Waals surface area contributed by atoms with E-state index in [-0.39, 0.29) is 43.9 Å². The SMILES string of the molecule is C=C[C@@H]1C[C@]1(NC(=O)[C@@H]1C[C@@H](Oc2nccc3cc(OC)ccc23)CN1C(=O)[C@H](CCC(=O)/C=C/CC)NC(=O)OC(C)(C)C)C(=O)NS(=O)(=O)C1CC1. The summed E-state index contributed by atoms with van der Waals surface area (Å²) in [7, 11) is -2.38. The Labute approximate surface area is 315 Å². The molecule has 1 saturated heterocycles. The number of carbonyl (C=O) groups is 5. The molecule has 0 bridgehead atoms. The quantitative estimate of drug-likeness (QED) is 0.167. The maximum absolute atomic E-state index is 14.5. The fraction of sp³-hybridized carbons (Fsp3) is 0.526. The van der Waals surface area contributed by atoms with E-state index in [2.05, 4.69) is 26.9 Å². The number of aromatic nitrogens is 1. The van der Waals surface area contributed by atoms with Gasteiger partial charge in [0.2, 0.25) is 27.7 Å². The van der Waals surface area contributed by atoms with Crippen molar-refractivity contribution in [2.45, 2.75) is 107 Å². The number of likely N-dealkylation sites (tertiary alicyclic amines) is 1. The Morgan fingerprint density at radius 3 is 2.52 bits per heavy atom. The van der Waals surface area contributed by atoms with Crippen molar-refractivity contribution in [3.8, 4) is 11.6 Å². The molecule has 4 amide bonds. The first-order valence-electron chi connectivity index (χ1n) is 18.1. The van der Waals surface area contributed by atoms with Gasteiger partial charge in [0.1, 0.15) is 35.1 Å². The molecule has 1 aromatic carbocycles. The smallest absolute Gasteiger partial charge is 0.408 e. The van der Waals surface area contributed by atoms with E-state index in [0.29, 0.717) is 30.4 Å². The number of pyridine rings is 1. The summed E-state index contributed by atoms with van der Waals surface area (Å²) in [5, 5.41) is 6.11. The Kier molecular flexibility index (Phi) is 12.0. The topological polar surface area (TPSA) is 199 Å². The van der Waals surface area contributed by atoms with Gasteiger partial charge in [-0.3, -0.25) is 23.9 Å². The average molecular weight is 768 g/mol. The minimum Gasteiger partial charge on any atom is -0.497 e. The number of allylic oxidation sites excluding steroid dienone is 2. The van der Waals surface area contributed by atoms with Crippen molar-refractivity contribution in [3.05, 3.63) is 55.3 Å². The summed E-state index contributed by atoms with van der Waals surface area (Å²) >= 11 is 0. The highest BCUT2D eigenvalue weighted by Crippen LogP contribution is 2.45. The molecule has 2 aliphatic carbocycles. The zero-order valence-corrected chi connectivity index (χ0v) is 32.1. The number of rotatable bonds is 16. The molecule has 16 heteroatoms. The first kappa shape index (κ1) is 40.2. The summed E-state index contributed by atoms with van der Waals surface area (Å²) in [6.45, 7) is 10.5. The number of ether oxygens (including phenoxy) is 3. The van der Waals surface area contributed by atoms with Crippen molar-refractivity contribution in [1.82, 2.24) is 25.2 Å². The molecular weight excluding hydrogens is 719 g/mol. The minimum absolute atomic E-state index is 0.0417. The summed E-state index contributed by atoms with van der Waals surface area (Å²) in [6, 6.07) is 4.62. The van der Waals surface area contributed by atoms with E-state index >= 15 is 0 Å². The highest BCUT2D eigenvalue weighted by Gasteiger charge is 2.62. The number of benzene rings is 1. The predicted molar refractivity (Wildman–Crippen MR) is 199 cm³/mol. The van der Waals surface area contributed by atoms with Gasteiger partial charge in [-0.05, 0) is 88.6 Å². The number of hydrogen-bond donors (Lipinski definition) is 3. The minimum atomic E-state index is -3.93. The van der Waals surface area contributed by atoms with Crippen LogP contribution in [0.3, 0.4) is 0 Å². The van der Waals surface area contributed by atoms with E-state index in [1.165, 1.54) is 17.1 Å². The Balaban J connectivity index is 1.44. The van der Waals surface area contributed by atoms with Crippen LogP contribution in [0.4, 0.5) is 4.79 Å². The van der Waals surface area contributed by atoms with Crippen molar-refractivity contribution in [1.29, 1.82) is 0 Å². The lowest BCUT2D eigenvalue weighted by atomic mass is 10.1. The highest BCUT2D eigenvalue weighted by molar-refractivity contribution is 7.91. The van der Waals surface area contributed by atoms with Gasteiger partial charge in [0.05, 0.1) is 18.9 Å². The molecule has 5 atom stereocenters. The second kappa shape index (κ2) is 16.2. The second-order valence-corrected chi connectivity index (χ2v) is 16.8. The van der Waals surface area contributed by atoms with Gasteiger partial charge in [-0.15, -0.1) is 6.58 Å². The van der Waals surface area contributed by atoms with Crippen molar-refractivity contribution in [2.24, 2.45) is 5.92 Å². The van der Waals surface area contributed by atoms with Gasteiger partial charge < -0.3 is 29.7 Å². The molecule has 1 aliphatic heterocycles. The maximum atomic E-state index is 14.5. The Hall–Kier alpha value is -4.99. The van der Waals surface area contributed by atoms with Crippen molar-refractivity contribution < 1.29 is 46.6 Å². The molecule has 0 spiro atoms. The van der Waals surface area contributed by atoms with Crippen LogP contribution < -0.4 is 24.8 Å². The lowest BCUT2D eigenvalue weighted by Crippen LogP contribution is -2.58. The van der Waals surface area contributed by atoms with Crippen LogP contribution in [0.5, 0.6) is 11.6 Å². The summed E-state index contributed by atoms with van der Waals surface area (Å²) in [5.41, 5.74) is -2.49. The number of alkyl carbamates (subject to hydrolysis) is 1. The molecule has 3 fully saturated rings. The molecule has 3 aliphatic rings. The molecule has 0 radical (unpaired) electrons. The number of sulfonamides is 1. The Bertz CT molecular complexity index is 1940. The fourth-order valence-corrected chi connectivity index (χ4v) is 7.79. The molecule has 2 heterocycles. The van der Waals surface area contributed by atoms with Crippen LogP contribution in [0.25, 0.3) is 10.8 Å². The molecule has 292 valence electrons. The summed E-state index contributed by atoms with van der Waals surface area (Å²) < 4.78 is 44.6. The van der Waals surface area contributed by atoms with E-state index in [4.69, 9.17) is 14.2 Å². The number of carbonyl (C=O) groups excluding carboxylic acids is 5. The number of fused-ring (bicyclic) bond motifs is 1. The van der Waals surface area contributed by atoms with Crippen LogP contribution in [0.15, 0.2) is 55.3 Å². The van der Waals surface area contributed by atoms with Crippen LogP contribution in [0.1, 0.15) is 72.6 Å². The van der Waals surface area contributed by atoms with Crippen molar-refractivity contribution in [2.75, 3.05) is 13.7 Å². The highest BCUT2D eigenvalue weighted by atomic mass is 32.2. The molecule has 0 unspecified atom stereocenters. The molecule has 3 N–H and O–H groups in total. The summed E-state index contributed by atoms with van der Waals surface area (Å²) in [6.07, 6.45) is 5.85. The summed E-state index contributed by atoms with van der Waals surface area (Å²) in [5.74, 6) is -2.23. The number of methoxy groups -OCH3 is 1. The first-order valence-corrected chi connectivity index (χ1v) is 19.6. The normalized spacial score (nSPS) is 23.0. The molecule has 1 aromatic heterocycles. The van der Waals surface area contributed by atoms with Crippen LogP contribution in [-0.4, -0.2) is 96.1 Å². The number of nitrogens with one attached hydrogen (secondary N) is 3. The van der Waals surface area contributed by atoms with Crippen LogP contribution in [0, 0.1) is 5.92 Å². The van der Waals surface area contributed by atoms with Gasteiger partial charge in [0, 0.05) is 30.3 Å². The molecule has 5 rings (SSSR count). The largest absolute Gasteiger partial charge is 0.497 e. The van der Waals surface area contributed by atoms with E-state index in [1.54, 1.807) is 58.4 Å². The average Bonchev–Trinajstić information content (AvgIpc) is 4.04. The van der Waals surface area contributed by atoms with Gasteiger partial charge in [0.15, 0.2) is 5.78 Å². The number of amides is 4. The fourth-order valence-electron chi connectivity index (χ4n) is 6.43. The zero-order chi connectivity index (χ0) is 39.4. The maximum Gasteiger partial charge on any atom is 0.408 e. The number of nitrogens with zero attached hydrogens (tertiary/aromatic N) is 2. The second-order valence-electron chi connectivity index (χ2n) is 14.9. The van der Waals surface area contributed by atoms with Crippen LogP contribution in [-0.2, 0) is 33.9 Å². The van der Waals surface area contributed by atoms with Crippen LogP contribution >= 0.6 is 0 Å². The monoisotopic (exact) mass is 767 g/mol. The third-order valence-corrected chi connectivity index (χ3v) is 11.3. The third kappa shape index (κ3) is 9.56. The van der Waals surface area contributed by atoms with E-state index in [0.717, 1.165) is 5.39 Å². The number of ketones is 1. The van der Waals surface area contributed by atoms with Gasteiger partial charge in [-0.25, -0.2) is 18.2 Å². The Morgan fingerprint density at radius 1 is 1.15 bits per heavy atom. The lowest BCUT2D eigenvalue weighted by Gasteiger charge is -2.30. The van der Waals surface area contributed by atoms with Gasteiger partial charge in [-0.1, -0.05) is 19.1 Å². The molecule has 2 saturated carbocycles. The zero-order valence-electron chi connectivity index (χ0n) is 31.3. The molecule has 54 heavy (non-hydrogen) atoms. The Morgan fingerprint density at radius 2 is 1.89 bits per heavy atom. The lowest BCUT2D eigenvalue weighted by molar-refractivity contribution is -0.141. The first-order chi connectivity index (χ1) is 25.5. The van der Waals surface area contributed by atoms with E-state index in [9.17, 15) is 32.4 Å². The van der Waals surface area contributed by atoms with Crippen molar-refractivity contribution in [3.63, 3.8) is 0 Å². The van der Waals surface area contributed by atoms with Gasteiger partial charge in [-0.2, -0.15) is 0 Å². The van der Waals surface area contributed by atoms with E-state index < -0.39 is 74.3 Å². The third-order valence-electron chi connectivity index (χ3n) is 9.52. The molecule has 2 aromatic rings. The summed E-state index contributed by atoms with van der Waals surface area (Å²) in [4.78, 5) is 73.5.